The molecule has 0 radical (unpaired) electrons. The van der Waals surface area contributed by atoms with Gasteiger partial charge < -0.3 is 24.1 Å². The van der Waals surface area contributed by atoms with E-state index in [1.165, 1.54) is 19.2 Å². The minimum absolute atomic E-state index is 0.0151. The van der Waals surface area contributed by atoms with Crippen molar-refractivity contribution < 1.29 is 44.8 Å². The minimum Gasteiger partial charge on any atom is -0.491 e. The SMILES string of the molecule is COCCOc1ccc(CN(C2CCCC2)S(=O)(=O)OC(N)=O)c(Oc2ncc(C(F)(F)F)cc2Cl)c1. The zero-order chi connectivity index (χ0) is 27.2. The highest BCUT2D eigenvalue weighted by Crippen LogP contribution is 2.38. The highest BCUT2D eigenvalue weighted by Gasteiger charge is 2.36. The summed E-state index contributed by atoms with van der Waals surface area (Å²) in [4.78, 5) is 14.9. The third kappa shape index (κ3) is 7.84. The Morgan fingerprint density at radius 2 is 1.92 bits per heavy atom. The Balaban J connectivity index is 1.99. The first-order valence-electron chi connectivity index (χ1n) is 11.1. The number of nitrogens with two attached hydrogens (primary N) is 1. The number of primary amides is 1. The molecule has 2 N–H and O–H groups in total. The summed E-state index contributed by atoms with van der Waals surface area (Å²) in [5.74, 6) is -0.0162. The van der Waals surface area contributed by atoms with Crippen LogP contribution in [-0.4, -0.2) is 50.2 Å². The molecule has 1 amide bonds. The lowest BCUT2D eigenvalue weighted by molar-refractivity contribution is -0.137. The predicted octanol–water partition coefficient (Wildman–Crippen LogP) is 4.66. The molecule has 1 aliphatic rings. The summed E-state index contributed by atoms with van der Waals surface area (Å²) < 4.78 is 86.3. The maximum Gasteiger partial charge on any atom is 0.421 e. The average Bonchev–Trinajstić information content (AvgIpc) is 3.32. The Hall–Kier alpha value is -2.81. The van der Waals surface area contributed by atoms with Gasteiger partial charge in [0.05, 0.1) is 12.2 Å². The number of benzene rings is 1. The topological polar surface area (TPSA) is 130 Å². The van der Waals surface area contributed by atoms with Crippen molar-refractivity contribution in [2.75, 3.05) is 20.3 Å². The molecule has 37 heavy (non-hydrogen) atoms. The standard InChI is InChI=1S/C22H25ClF3N3O7S/c1-33-8-9-34-17-7-6-14(13-29(16-4-2-3-5-16)37(31,32)36-21(27)30)19(11-17)35-20-18(23)10-15(12-28-20)22(24,25)26/h6-7,10-12,16H,2-5,8-9,13H2,1H3,(H2,27,30). The summed E-state index contributed by atoms with van der Waals surface area (Å²) in [6.07, 6.45) is -2.98. The van der Waals surface area contributed by atoms with Gasteiger partial charge in [-0.1, -0.05) is 30.5 Å². The molecule has 3 rings (SSSR count). The van der Waals surface area contributed by atoms with Gasteiger partial charge in [0.25, 0.3) is 0 Å². The molecule has 0 saturated heterocycles. The lowest BCUT2D eigenvalue weighted by Gasteiger charge is -2.27. The molecule has 2 aromatic rings. The summed E-state index contributed by atoms with van der Waals surface area (Å²) in [7, 11) is -3.07. The fraction of sp³-hybridized carbons (Fsp3) is 0.455. The highest BCUT2D eigenvalue weighted by molar-refractivity contribution is 7.84. The van der Waals surface area contributed by atoms with Crippen LogP contribution in [0.25, 0.3) is 0 Å². The number of alkyl halides is 3. The van der Waals surface area contributed by atoms with E-state index in [0.29, 0.717) is 30.9 Å². The van der Waals surface area contributed by atoms with Gasteiger partial charge in [-0.25, -0.2) is 9.78 Å². The van der Waals surface area contributed by atoms with E-state index in [9.17, 15) is 26.4 Å². The van der Waals surface area contributed by atoms with Crippen molar-refractivity contribution >= 4 is 28.0 Å². The second-order valence-electron chi connectivity index (χ2n) is 8.07. The van der Waals surface area contributed by atoms with Gasteiger partial charge in [0.1, 0.15) is 23.1 Å². The number of ether oxygens (including phenoxy) is 3. The van der Waals surface area contributed by atoms with Crippen molar-refractivity contribution in [3.63, 3.8) is 0 Å². The Labute approximate surface area is 216 Å². The van der Waals surface area contributed by atoms with E-state index in [0.717, 1.165) is 17.1 Å². The molecule has 0 atom stereocenters. The van der Waals surface area contributed by atoms with Crippen LogP contribution < -0.4 is 15.2 Å². The van der Waals surface area contributed by atoms with Crippen molar-refractivity contribution in [3.05, 3.63) is 46.6 Å². The molecule has 1 aliphatic carbocycles. The molecule has 0 bridgehead atoms. The molecule has 1 fully saturated rings. The average molecular weight is 568 g/mol. The molecule has 15 heteroatoms. The zero-order valence-corrected chi connectivity index (χ0v) is 21.2. The van der Waals surface area contributed by atoms with Crippen LogP contribution in [0.2, 0.25) is 5.02 Å². The van der Waals surface area contributed by atoms with Crippen molar-refractivity contribution in [3.8, 4) is 17.4 Å². The number of hydrogen-bond acceptors (Lipinski definition) is 8. The number of pyridine rings is 1. The fourth-order valence-electron chi connectivity index (χ4n) is 3.76. The number of carbonyl (C=O) groups is 1. The number of hydrogen-bond donors (Lipinski definition) is 1. The van der Waals surface area contributed by atoms with Gasteiger partial charge in [0, 0.05) is 37.5 Å². The third-order valence-corrected chi connectivity index (χ3v) is 7.12. The number of carbonyl (C=O) groups excluding carboxylic acids is 1. The quantitative estimate of drug-likeness (QED) is 0.388. The van der Waals surface area contributed by atoms with E-state index in [2.05, 4.69) is 9.17 Å². The normalized spacial score (nSPS) is 14.6. The van der Waals surface area contributed by atoms with Crippen molar-refractivity contribution in [2.24, 2.45) is 5.73 Å². The van der Waals surface area contributed by atoms with Gasteiger partial charge in [0.2, 0.25) is 5.88 Å². The third-order valence-electron chi connectivity index (χ3n) is 5.47. The van der Waals surface area contributed by atoms with Crippen LogP contribution in [0.15, 0.2) is 30.5 Å². The number of amides is 1. The molecule has 1 heterocycles. The van der Waals surface area contributed by atoms with Gasteiger partial charge in [-0.15, -0.1) is 0 Å². The Morgan fingerprint density at radius 3 is 2.51 bits per heavy atom. The fourth-order valence-corrected chi connectivity index (χ4v) is 5.14. The molecule has 1 saturated carbocycles. The summed E-state index contributed by atoms with van der Waals surface area (Å²) >= 11 is 6.01. The largest absolute Gasteiger partial charge is 0.491 e. The monoisotopic (exact) mass is 567 g/mol. The Morgan fingerprint density at radius 1 is 1.22 bits per heavy atom. The van der Waals surface area contributed by atoms with Gasteiger partial charge in [-0.2, -0.15) is 25.9 Å². The summed E-state index contributed by atoms with van der Waals surface area (Å²) in [5, 5.41) is -0.413. The number of aromatic nitrogens is 1. The van der Waals surface area contributed by atoms with Gasteiger partial charge in [0.15, 0.2) is 0 Å². The molecular formula is C22H25ClF3N3O7S. The maximum atomic E-state index is 13.0. The molecule has 1 aromatic heterocycles. The Kier molecular flexibility index (Phi) is 9.45. The first-order chi connectivity index (χ1) is 17.4. The molecule has 0 aliphatic heterocycles. The summed E-state index contributed by atoms with van der Waals surface area (Å²) in [5.41, 5.74) is 4.17. The molecule has 10 nitrogen and oxygen atoms in total. The van der Waals surface area contributed by atoms with Crippen LogP contribution in [0.1, 0.15) is 36.8 Å². The van der Waals surface area contributed by atoms with Crippen LogP contribution in [-0.2, 0) is 31.9 Å². The number of nitrogens with zero attached hydrogens (tertiary/aromatic N) is 2. The first kappa shape index (κ1) is 28.8. The van der Waals surface area contributed by atoms with Crippen molar-refractivity contribution in [1.29, 1.82) is 0 Å². The number of rotatable bonds is 11. The lowest BCUT2D eigenvalue weighted by Crippen LogP contribution is -2.41. The van der Waals surface area contributed by atoms with E-state index in [4.69, 9.17) is 31.5 Å². The van der Waals surface area contributed by atoms with Gasteiger partial charge in [-0.3, -0.25) is 0 Å². The molecule has 204 valence electrons. The second kappa shape index (κ2) is 12.2. The predicted molar refractivity (Wildman–Crippen MR) is 126 cm³/mol. The first-order valence-corrected chi connectivity index (χ1v) is 12.8. The maximum absolute atomic E-state index is 13.0. The zero-order valence-electron chi connectivity index (χ0n) is 19.7. The highest BCUT2D eigenvalue weighted by atomic mass is 35.5. The minimum atomic E-state index is -4.66. The van der Waals surface area contributed by atoms with Gasteiger partial charge >= 0.3 is 22.6 Å². The van der Waals surface area contributed by atoms with Crippen LogP contribution in [0.4, 0.5) is 18.0 Å². The number of methoxy groups -OCH3 is 1. The van der Waals surface area contributed by atoms with Crippen LogP contribution in [0.3, 0.4) is 0 Å². The van der Waals surface area contributed by atoms with Crippen LogP contribution in [0.5, 0.6) is 17.4 Å². The van der Waals surface area contributed by atoms with E-state index in [1.807, 2.05) is 0 Å². The molecule has 0 spiro atoms. The number of halogens is 4. The van der Waals surface area contributed by atoms with Crippen LogP contribution >= 0.6 is 11.6 Å². The smallest absolute Gasteiger partial charge is 0.421 e. The summed E-state index contributed by atoms with van der Waals surface area (Å²) in [6, 6.07) is 4.67. The van der Waals surface area contributed by atoms with Crippen molar-refractivity contribution in [1.82, 2.24) is 9.29 Å². The van der Waals surface area contributed by atoms with E-state index < -0.39 is 39.2 Å². The molecule has 1 aromatic carbocycles. The van der Waals surface area contributed by atoms with E-state index in [1.54, 1.807) is 6.07 Å². The molecular weight excluding hydrogens is 543 g/mol. The van der Waals surface area contributed by atoms with Crippen LogP contribution in [0, 0.1) is 0 Å². The van der Waals surface area contributed by atoms with E-state index in [-0.39, 0.29) is 37.0 Å². The second-order valence-corrected chi connectivity index (χ2v) is 9.96. The Bertz CT molecular complexity index is 1210. The van der Waals surface area contributed by atoms with E-state index >= 15 is 0 Å². The molecule has 0 unspecified atom stereocenters. The summed E-state index contributed by atoms with van der Waals surface area (Å²) in [6.45, 7) is 0.165. The van der Waals surface area contributed by atoms with Gasteiger partial charge in [-0.05, 0) is 25.0 Å². The lowest BCUT2D eigenvalue weighted by atomic mass is 10.1. The van der Waals surface area contributed by atoms with Crippen molar-refractivity contribution in [2.45, 2.75) is 44.4 Å².